The summed E-state index contributed by atoms with van der Waals surface area (Å²) in [7, 11) is 0. The lowest BCUT2D eigenvalue weighted by Gasteiger charge is -1.97. The number of hydrogen-bond donors (Lipinski definition) is 1. The van der Waals surface area contributed by atoms with Crippen molar-refractivity contribution in [3.8, 4) is 0 Å². The van der Waals surface area contributed by atoms with Gasteiger partial charge in [-0.3, -0.25) is 0 Å². The summed E-state index contributed by atoms with van der Waals surface area (Å²) in [6, 6.07) is 4.90. The molecule has 0 aliphatic heterocycles. The first-order valence-electron chi connectivity index (χ1n) is 4.12. The highest BCUT2D eigenvalue weighted by Crippen LogP contribution is 2.29. The summed E-state index contributed by atoms with van der Waals surface area (Å²) in [4.78, 5) is 0.940. The molecule has 1 aromatic heterocycles. The molecule has 0 aliphatic carbocycles. The SMILES string of the molecule is OCc1cc(F)c2cc(CCl)sc2c1. The first kappa shape index (κ1) is 9.90. The van der Waals surface area contributed by atoms with Crippen LogP contribution < -0.4 is 0 Å². The van der Waals surface area contributed by atoms with Crippen molar-refractivity contribution in [2.45, 2.75) is 12.5 Å². The van der Waals surface area contributed by atoms with Crippen molar-refractivity contribution in [2.75, 3.05) is 0 Å². The molecular formula is C10H8ClFOS. The molecule has 0 amide bonds. The van der Waals surface area contributed by atoms with Gasteiger partial charge in [-0.15, -0.1) is 22.9 Å². The Bertz CT molecular complexity index is 466. The number of benzene rings is 1. The number of rotatable bonds is 2. The Balaban J connectivity index is 2.67. The molecule has 0 unspecified atom stereocenters. The van der Waals surface area contributed by atoms with Crippen LogP contribution in [0.25, 0.3) is 10.1 Å². The number of hydrogen-bond acceptors (Lipinski definition) is 2. The van der Waals surface area contributed by atoms with E-state index in [9.17, 15) is 4.39 Å². The Labute approximate surface area is 89.7 Å². The van der Waals surface area contributed by atoms with Crippen LogP contribution >= 0.6 is 22.9 Å². The van der Waals surface area contributed by atoms with E-state index in [1.165, 1.54) is 17.4 Å². The quantitative estimate of drug-likeness (QED) is 0.786. The van der Waals surface area contributed by atoms with Crippen molar-refractivity contribution in [1.82, 2.24) is 0 Å². The molecule has 0 saturated carbocycles. The lowest BCUT2D eigenvalue weighted by Crippen LogP contribution is -1.84. The molecule has 0 atom stereocenters. The van der Waals surface area contributed by atoms with Crippen LogP contribution in [-0.4, -0.2) is 5.11 Å². The van der Waals surface area contributed by atoms with Gasteiger partial charge in [0.15, 0.2) is 0 Å². The van der Waals surface area contributed by atoms with E-state index in [2.05, 4.69) is 0 Å². The minimum atomic E-state index is -0.292. The summed E-state index contributed by atoms with van der Waals surface area (Å²) in [5, 5.41) is 9.48. The number of halogens is 2. The fourth-order valence-electron chi connectivity index (χ4n) is 1.36. The number of fused-ring (bicyclic) bond motifs is 1. The van der Waals surface area contributed by atoms with Crippen LogP contribution in [0.4, 0.5) is 4.39 Å². The fourth-order valence-corrected chi connectivity index (χ4v) is 2.59. The van der Waals surface area contributed by atoms with E-state index in [0.29, 0.717) is 16.8 Å². The van der Waals surface area contributed by atoms with Crippen molar-refractivity contribution in [1.29, 1.82) is 0 Å². The Morgan fingerprint density at radius 1 is 1.36 bits per heavy atom. The Hall–Kier alpha value is -0.640. The first-order valence-corrected chi connectivity index (χ1v) is 5.47. The van der Waals surface area contributed by atoms with Crippen LogP contribution in [-0.2, 0) is 12.5 Å². The molecule has 0 bridgehead atoms. The maximum atomic E-state index is 13.4. The third kappa shape index (κ3) is 1.63. The Morgan fingerprint density at radius 2 is 2.14 bits per heavy atom. The van der Waals surface area contributed by atoms with Gasteiger partial charge >= 0.3 is 0 Å². The molecule has 4 heteroatoms. The lowest BCUT2D eigenvalue weighted by atomic mass is 10.2. The molecule has 74 valence electrons. The number of aliphatic hydroxyl groups is 1. The third-order valence-corrected chi connectivity index (χ3v) is 3.54. The van der Waals surface area contributed by atoms with Gasteiger partial charge in [-0.25, -0.2) is 4.39 Å². The fraction of sp³-hybridized carbons (Fsp3) is 0.200. The third-order valence-electron chi connectivity index (χ3n) is 2.01. The van der Waals surface area contributed by atoms with Gasteiger partial charge in [0.2, 0.25) is 0 Å². The van der Waals surface area contributed by atoms with E-state index < -0.39 is 0 Å². The van der Waals surface area contributed by atoms with E-state index in [0.717, 1.165) is 9.58 Å². The normalized spacial score (nSPS) is 11.1. The molecule has 1 N–H and O–H groups in total. The van der Waals surface area contributed by atoms with Crippen LogP contribution in [0.5, 0.6) is 0 Å². The first-order chi connectivity index (χ1) is 6.74. The summed E-state index contributed by atoms with van der Waals surface area (Å²) in [5.41, 5.74) is 0.595. The zero-order valence-corrected chi connectivity index (χ0v) is 8.83. The molecule has 2 rings (SSSR count). The predicted molar refractivity (Wildman–Crippen MR) is 57.3 cm³/mol. The molecule has 2 aromatic rings. The Morgan fingerprint density at radius 3 is 2.79 bits per heavy atom. The minimum Gasteiger partial charge on any atom is -0.392 e. The van der Waals surface area contributed by atoms with E-state index >= 15 is 0 Å². The maximum absolute atomic E-state index is 13.4. The number of alkyl halides is 1. The van der Waals surface area contributed by atoms with Gasteiger partial charge in [0.1, 0.15) is 5.82 Å². The average molecular weight is 231 g/mol. The van der Waals surface area contributed by atoms with E-state index in [4.69, 9.17) is 16.7 Å². The van der Waals surface area contributed by atoms with Crippen LogP contribution in [0.15, 0.2) is 18.2 Å². The van der Waals surface area contributed by atoms with Gasteiger partial charge in [-0.05, 0) is 23.8 Å². The molecule has 0 saturated heterocycles. The van der Waals surface area contributed by atoms with Gasteiger partial charge < -0.3 is 5.11 Å². The molecule has 1 aromatic carbocycles. The van der Waals surface area contributed by atoms with Gasteiger partial charge in [0.05, 0.1) is 12.5 Å². The second-order valence-electron chi connectivity index (χ2n) is 2.99. The van der Waals surface area contributed by atoms with Crippen molar-refractivity contribution >= 4 is 33.0 Å². The van der Waals surface area contributed by atoms with Crippen LogP contribution in [0.1, 0.15) is 10.4 Å². The monoisotopic (exact) mass is 230 g/mol. The van der Waals surface area contributed by atoms with Gasteiger partial charge in [-0.2, -0.15) is 0 Å². The van der Waals surface area contributed by atoms with Gasteiger partial charge in [0.25, 0.3) is 0 Å². The second kappa shape index (κ2) is 3.85. The molecule has 0 fully saturated rings. The van der Waals surface area contributed by atoms with Gasteiger partial charge in [-0.1, -0.05) is 0 Å². The summed E-state index contributed by atoms with van der Waals surface area (Å²) in [5.74, 6) is 0.104. The average Bonchev–Trinajstić information content (AvgIpc) is 2.61. The minimum absolute atomic E-state index is 0.138. The highest BCUT2D eigenvalue weighted by Gasteiger charge is 2.07. The molecule has 0 radical (unpaired) electrons. The molecule has 0 spiro atoms. The zero-order chi connectivity index (χ0) is 10.1. The smallest absolute Gasteiger partial charge is 0.132 e. The largest absolute Gasteiger partial charge is 0.392 e. The number of aliphatic hydroxyl groups excluding tert-OH is 1. The summed E-state index contributed by atoms with van der Waals surface area (Å²) >= 11 is 7.12. The maximum Gasteiger partial charge on any atom is 0.132 e. The summed E-state index contributed by atoms with van der Waals surface area (Å²) in [6.07, 6.45) is 0. The second-order valence-corrected chi connectivity index (χ2v) is 4.43. The zero-order valence-electron chi connectivity index (χ0n) is 7.26. The molecule has 14 heavy (non-hydrogen) atoms. The molecule has 1 heterocycles. The van der Waals surface area contributed by atoms with Crippen molar-refractivity contribution in [3.05, 3.63) is 34.5 Å². The Kier molecular flexibility index (Phi) is 2.72. The van der Waals surface area contributed by atoms with Crippen molar-refractivity contribution < 1.29 is 9.50 Å². The highest BCUT2D eigenvalue weighted by molar-refractivity contribution is 7.19. The van der Waals surface area contributed by atoms with Crippen LogP contribution in [0.3, 0.4) is 0 Å². The number of thiophene rings is 1. The van der Waals surface area contributed by atoms with Crippen LogP contribution in [0, 0.1) is 5.82 Å². The van der Waals surface area contributed by atoms with E-state index in [-0.39, 0.29) is 12.4 Å². The van der Waals surface area contributed by atoms with E-state index in [1.54, 1.807) is 12.1 Å². The molecule has 0 aliphatic rings. The van der Waals surface area contributed by atoms with Crippen LogP contribution in [0.2, 0.25) is 0 Å². The highest BCUT2D eigenvalue weighted by atomic mass is 35.5. The van der Waals surface area contributed by atoms with Gasteiger partial charge in [0, 0.05) is 15.0 Å². The standard InChI is InChI=1S/C10H8ClFOS/c11-4-7-3-8-9(12)1-6(5-13)2-10(8)14-7/h1-3,13H,4-5H2. The van der Waals surface area contributed by atoms with Crippen molar-refractivity contribution in [3.63, 3.8) is 0 Å². The summed E-state index contributed by atoms with van der Waals surface area (Å²) < 4.78 is 14.3. The molecular weight excluding hydrogens is 223 g/mol. The molecule has 1 nitrogen and oxygen atoms in total. The van der Waals surface area contributed by atoms with E-state index in [1.807, 2.05) is 0 Å². The van der Waals surface area contributed by atoms with Crippen molar-refractivity contribution in [2.24, 2.45) is 0 Å². The topological polar surface area (TPSA) is 20.2 Å². The lowest BCUT2D eigenvalue weighted by molar-refractivity contribution is 0.281. The summed E-state index contributed by atoms with van der Waals surface area (Å²) in [6.45, 7) is -0.138. The predicted octanol–water partition coefficient (Wildman–Crippen LogP) is 3.27.